The summed E-state index contributed by atoms with van der Waals surface area (Å²) in [6.07, 6.45) is 7.72. The second-order valence-electron chi connectivity index (χ2n) is 7.13. The second kappa shape index (κ2) is 8.30. The fraction of sp³-hybridized carbons (Fsp3) is 0.632. The van der Waals surface area contributed by atoms with Gasteiger partial charge in [-0.2, -0.15) is 0 Å². The summed E-state index contributed by atoms with van der Waals surface area (Å²) >= 11 is 5.80. The van der Waals surface area contributed by atoms with Crippen LogP contribution in [0, 0.1) is 11.7 Å². The van der Waals surface area contributed by atoms with Crippen molar-refractivity contribution in [2.45, 2.75) is 57.5 Å². The monoisotopic (exact) mass is 352 g/mol. The molecule has 1 saturated carbocycles. The Kier molecular flexibility index (Phi) is 6.12. The lowest BCUT2D eigenvalue weighted by atomic mass is 9.92. The first-order chi connectivity index (χ1) is 11.6. The SMILES string of the molecule is O=C(NC1CCCCC1)C1CCN(Cc2ccc(Cl)cc2F)CC1. The van der Waals surface area contributed by atoms with Gasteiger partial charge in [-0.25, -0.2) is 4.39 Å². The van der Waals surface area contributed by atoms with Crippen molar-refractivity contribution in [3.63, 3.8) is 0 Å². The first-order valence-electron chi connectivity index (χ1n) is 9.08. The van der Waals surface area contributed by atoms with Gasteiger partial charge in [0.1, 0.15) is 5.82 Å². The molecule has 2 fully saturated rings. The fourth-order valence-electron chi connectivity index (χ4n) is 3.81. The molecule has 132 valence electrons. The van der Waals surface area contributed by atoms with Crippen LogP contribution < -0.4 is 5.32 Å². The van der Waals surface area contributed by atoms with E-state index < -0.39 is 0 Å². The Morgan fingerprint density at radius 2 is 1.88 bits per heavy atom. The summed E-state index contributed by atoms with van der Waals surface area (Å²) in [6.45, 7) is 2.26. The lowest BCUT2D eigenvalue weighted by molar-refractivity contribution is -0.127. The second-order valence-corrected chi connectivity index (χ2v) is 7.57. The molecule has 3 nitrogen and oxygen atoms in total. The molecule has 2 aliphatic rings. The molecule has 1 aromatic carbocycles. The average molecular weight is 353 g/mol. The van der Waals surface area contributed by atoms with E-state index >= 15 is 0 Å². The molecule has 0 radical (unpaired) electrons. The van der Waals surface area contributed by atoms with Gasteiger partial charge in [-0.05, 0) is 50.9 Å². The molecule has 1 aliphatic carbocycles. The van der Waals surface area contributed by atoms with Crippen molar-refractivity contribution in [2.75, 3.05) is 13.1 Å². The van der Waals surface area contributed by atoms with E-state index in [0.29, 0.717) is 23.2 Å². The van der Waals surface area contributed by atoms with Gasteiger partial charge >= 0.3 is 0 Å². The van der Waals surface area contributed by atoms with Crippen LogP contribution in [0.3, 0.4) is 0 Å². The van der Waals surface area contributed by atoms with Gasteiger partial charge in [0.05, 0.1) is 0 Å². The maximum absolute atomic E-state index is 13.9. The number of carbonyl (C=O) groups is 1. The van der Waals surface area contributed by atoms with Crippen molar-refractivity contribution in [3.05, 3.63) is 34.6 Å². The zero-order chi connectivity index (χ0) is 16.9. The predicted octanol–water partition coefficient (Wildman–Crippen LogP) is 4.14. The minimum atomic E-state index is -0.250. The third-order valence-electron chi connectivity index (χ3n) is 5.32. The highest BCUT2D eigenvalue weighted by Crippen LogP contribution is 2.23. The number of nitrogens with one attached hydrogen (secondary N) is 1. The lowest BCUT2D eigenvalue weighted by Crippen LogP contribution is -2.44. The largest absolute Gasteiger partial charge is 0.353 e. The van der Waals surface area contributed by atoms with Crippen molar-refractivity contribution in [1.82, 2.24) is 10.2 Å². The molecule has 0 bridgehead atoms. The smallest absolute Gasteiger partial charge is 0.223 e. The van der Waals surface area contributed by atoms with E-state index in [4.69, 9.17) is 11.6 Å². The standard InChI is InChI=1S/C19H26ClFN2O/c20-16-7-6-15(18(21)12-16)13-23-10-8-14(9-11-23)19(24)22-17-4-2-1-3-5-17/h6-7,12,14,17H,1-5,8-11,13H2,(H,22,24). The number of nitrogens with zero attached hydrogens (tertiary/aromatic N) is 1. The average Bonchev–Trinajstić information content (AvgIpc) is 2.59. The Hall–Kier alpha value is -1.13. The molecule has 1 N–H and O–H groups in total. The summed E-state index contributed by atoms with van der Waals surface area (Å²) < 4.78 is 13.9. The van der Waals surface area contributed by atoms with Crippen LogP contribution in [0.15, 0.2) is 18.2 Å². The van der Waals surface area contributed by atoms with E-state index in [1.54, 1.807) is 12.1 Å². The van der Waals surface area contributed by atoms with Gasteiger partial charge in [0, 0.05) is 29.1 Å². The Balaban J connectivity index is 1.45. The number of hydrogen-bond acceptors (Lipinski definition) is 2. The molecule has 1 saturated heterocycles. The number of hydrogen-bond donors (Lipinski definition) is 1. The maximum Gasteiger partial charge on any atom is 0.223 e. The van der Waals surface area contributed by atoms with Crippen molar-refractivity contribution in [2.24, 2.45) is 5.92 Å². The van der Waals surface area contributed by atoms with Crippen LogP contribution in [-0.2, 0) is 11.3 Å². The van der Waals surface area contributed by atoms with Gasteiger partial charge in [-0.15, -0.1) is 0 Å². The topological polar surface area (TPSA) is 32.3 Å². The summed E-state index contributed by atoms with van der Waals surface area (Å²) in [5.41, 5.74) is 0.671. The zero-order valence-electron chi connectivity index (χ0n) is 14.1. The van der Waals surface area contributed by atoms with Gasteiger partial charge in [0.15, 0.2) is 0 Å². The highest BCUT2D eigenvalue weighted by molar-refractivity contribution is 6.30. The summed E-state index contributed by atoms with van der Waals surface area (Å²) in [5, 5.41) is 3.66. The van der Waals surface area contributed by atoms with Crippen LogP contribution in [0.4, 0.5) is 4.39 Å². The van der Waals surface area contributed by atoms with Crippen molar-refractivity contribution < 1.29 is 9.18 Å². The number of amides is 1. The van der Waals surface area contributed by atoms with Gasteiger partial charge in [-0.3, -0.25) is 9.69 Å². The quantitative estimate of drug-likeness (QED) is 0.883. The molecule has 24 heavy (non-hydrogen) atoms. The number of piperidine rings is 1. The Bertz CT molecular complexity index is 566. The summed E-state index contributed by atoms with van der Waals surface area (Å²) in [5.74, 6) is 0.0807. The van der Waals surface area contributed by atoms with E-state index in [1.165, 1.54) is 25.3 Å². The number of benzene rings is 1. The first kappa shape index (κ1) is 17.7. The molecule has 3 rings (SSSR count). The maximum atomic E-state index is 13.9. The Morgan fingerprint density at radius 1 is 1.17 bits per heavy atom. The number of carbonyl (C=O) groups excluding carboxylic acids is 1. The van der Waals surface area contributed by atoms with E-state index in [2.05, 4.69) is 10.2 Å². The first-order valence-corrected chi connectivity index (χ1v) is 9.46. The molecule has 1 amide bonds. The van der Waals surface area contributed by atoms with Crippen LogP contribution in [0.1, 0.15) is 50.5 Å². The third-order valence-corrected chi connectivity index (χ3v) is 5.55. The molecule has 0 aromatic heterocycles. The minimum Gasteiger partial charge on any atom is -0.353 e. The Morgan fingerprint density at radius 3 is 2.54 bits per heavy atom. The normalized spacial score (nSPS) is 20.9. The fourth-order valence-corrected chi connectivity index (χ4v) is 3.97. The van der Waals surface area contributed by atoms with Gasteiger partial charge in [0.2, 0.25) is 5.91 Å². The van der Waals surface area contributed by atoms with E-state index in [9.17, 15) is 9.18 Å². The summed E-state index contributed by atoms with van der Waals surface area (Å²) in [6, 6.07) is 5.22. The zero-order valence-corrected chi connectivity index (χ0v) is 14.8. The highest BCUT2D eigenvalue weighted by Gasteiger charge is 2.27. The molecule has 1 aromatic rings. The molecule has 0 unspecified atom stereocenters. The minimum absolute atomic E-state index is 0.109. The van der Waals surface area contributed by atoms with Crippen molar-refractivity contribution in [3.8, 4) is 0 Å². The molecule has 0 spiro atoms. The van der Waals surface area contributed by atoms with Crippen molar-refractivity contribution >= 4 is 17.5 Å². The van der Waals surface area contributed by atoms with E-state index in [1.807, 2.05) is 0 Å². The summed E-state index contributed by atoms with van der Waals surface area (Å²) in [7, 11) is 0. The molecule has 0 atom stereocenters. The number of likely N-dealkylation sites (tertiary alicyclic amines) is 1. The van der Waals surface area contributed by atoms with Crippen LogP contribution in [-0.4, -0.2) is 29.9 Å². The van der Waals surface area contributed by atoms with Gasteiger partial charge in [0.25, 0.3) is 0 Å². The molecule has 1 heterocycles. The lowest BCUT2D eigenvalue weighted by Gasteiger charge is -2.32. The summed E-state index contributed by atoms with van der Waals surface area (Å²) in [4.78, 5) is 14.6. The van der Waals surface area contributed by atoms with E-state index in [0.717, 1.165) is 38.8 Å². The van der Waals surface area contributed by atoms with Crippen LogP contribution >= 0.6 is 11.6 Å². The molecular weight excluding hydrogens is 327 g/mol. The number of rotatable bonds is 4. The highest BCUT2D eigenvalue weighted by atomic mass is 35.5. The van der Waals surface area contributed by atoms with E-state index in [-0.39, 0.29) is 17.6 Å². The van der Waals surface area contributed by atoms with Crippen LogP contribution in [0.2, 0.25) is 5.02 Å². The number of halogens is 2. The molecular formula is C19H26ClFN2O. The van der Waals surface area contributed by atoms with Gasteiger partial charge in [-0.1, -0.05) is 36.9 Å². The predicted molar refractivity (Wildman–Crippen MR) is 94.4 cm³/mol. The van der Waals surface area contributed by atoms with Crippen molar-refractivity contribution in [1.29, 1.82) is 0 Å². The van der Waals surface area contributed by atoms with Crippen LogP contribution in [0.5, 0.6) is 0 Å². The third kappa shape index (κ3) is 4.70. The van der Waals surface area contributed by atoms with Crippen LogP contribution in [0.25, 0.3) is 0 Å². The molecule has 5 heteroatoms. The molecule has 1 aliphatic heterocycles. The Labute approximate surface area is 148 Å². The van der Waals surface area contributed by atoms with Gasteiger partial charge < -0.3 is 5.32 Å².